The number of nitrogens with zero attached hydrogens (tertiary/aromatic N) is 5. The normalized spacial score (nSPS) is 11.5. The fraction of sp³-hybridized carbons (Fsp3) is 0.250. The van der Waals surface area contributed by atoms with Crippen LogP contribution in [0.1, 0.15) is 11.5 Å². The van der Waals surface area contributed by atoms with Crippen LogP contribution in [0.25, 0.3) is 0 Å². The maximum atomic E-state index is 12.3. The number of sulfonamides is 1. The molecule has 7 nitrogen and oxygen atoms in total. The Morgan fingerprint density at radius 2 is 2.15 bits per heavy atom. The molecule has 0 unspecified atom stereocenters. The third kappa shape index (κ3) is 2.68. The third-order valence-corrected chi connectivity index (χ3v) is 4.63. The van der Waals surface area contributed by atoms with Crippen LogP contribution in [-0.2, 0) is 23.6 Å². The smallest absolute Gasteiger partial charge is 0.244 e. The monoisotopic (exact) mass is 291 g/mol. The van der Waals surface area contributed by atoms with Gasteiger partial charge in [0.15, 0.2) is 0 Å². The first kappa shape index (κ1) is 14.2. The molecule has 0 fully saturated rings. The first-order valence-electron chi connectivity index (χ1n) is 5.74. The third-order valence-electron chi connectivity index (χ3n) is 2.84. The first-order valence-corrected chi connectivity index (χ1v) is 7.18. The number of rotatable bonds is 4. The maximum absolute atomic E-state index is 12.3. The van der Waals surface area contributed by atoms with Crippen molar-refractivity contribution in [2.24, 2.45) is 7.05 Å². The number of hydrogen-bond acceptors (Lipinski definition) is 5. The Morgan fingerprint density at radius 1 is 1.40 bits per heavy atom. The van der Waals surface area contributed by atoms with E-state index in [1.807, 2.05) is 6.07 Å². The molecule has 2 aromatic rings. The molecule has 0 spiro atoms. The van der Waals surface area contributed by atoms with E-state index in [-0.39, 0.29) is 17.1 Å². The fourth-order valence-electron chi connectivity index (χ4n) is 1.61. The number of aromatic nitrogens is 3. The first-order chi connectivity index (χ1) is 9.45. The minimum atomic E-state index is -3.65. The quantitative estimate of drug-likeness (QED) is 0.818. The highest BCUT2D eigenvalue weighted by Crippen LogP contribution is 2.15. The molecule has 2 heterocycles. The summed E-state index contributed by atoms with van der Waals surface area (Å²) in [6.07, 6.45) is 4.54. The van der Waals surface area contributed by atoms with Gasteiger partial charge in [-0.25, -0.2) is 18.4 Å². The van der Waals surface area contributed by atoms with E-state index in [0.29, 0.717) is 5.82 Å². The van der Waals surface area contributed by atoms with Crippen LogP contribution in [0.4, 0.5) is 0 Å². The van der Waals surface area contributed by atoms with Crippen LogP contribution in [-0.4, -0.2) is 34.3 Å². The van der Waals surface area contributed by atoms with E-state index < -0.39 is 10.0 Å². The Bertz CT molecular complexity index is 743. The summed E-state index contributed by atoms with van der Waals surface area (Å²) in [6, 6.07) is 4.59. The van der Waals surface area contributed by atoms with Crippen molar-refractivity contribution in [3.63, 3.8) is 0 Å². The number of nitriles is 1. The van der Waals surface area contributed by atoms with E-state index >= 15 is 0 Å². The Labute approximate surface area is 117 Å². The largest absolute Gasteiger partial charge is 0.337 e. The second kappa shape index (κ2) is 5.40. The molecule has 0 amide bonds. The van der Waals surface area contributed by atoms with Crippen LogP contribution in [0.2, 0.25) is 0 Å². The number of imidazole rings is 1. The van der Waals surface area contributed by atoms with Gasteiger partial charge in [-0.1, -0.05) is 0 Å². The zero-order valence-electron chi connectivity index (χ0n) is 11.1. The summed E-state index contributed by atoms with van der Waals surface area (Å²) in [4.78, 5) is 7.91. The average molecular weight is 291 g/mol. The molecule has 2 rings (SSSR count). The highest BCUT2D eigenvalue weighted by atomic mass is 32.2. The second-order valence-corrected chi connectivity index (χ2v) is 6.25. The van der Waals surface area contributed by atoms with Gasteiger partial charge in [-0.05, 0) is 12.1 Å². The topological polar surface area (TPSA) is 91.9 Å². The maximum Gasteiger partial charge on any atom is 0.244 e. The molecule has 0 aliphatic heterocycles. The van der Waals surface area contributed by atoms with E-state index in [2.05, 4.69) is 9.97 Å². The van der Waals surface area contributed by atoms with Crippen LogP contribution < -0.4 is 0 Å². The minimum absolute atomic E-state index is 0.0493. The van der Waals surface area contributed by atoms with Crippen molar-refractivity contribution in [1.82, 2.24) is 18.8 Å². The Balaban J connectivity index is 2.25. The van der Waals surface area contributed by atoms with Crippen molar-refractivity contribution in [3.8, 4) is 6.07 Å². The molecule has 0 radical (unpaired) electrons. The molecule has 0 saturated carbocycles. The van der Waals surface area contributed by atoms with Gasteiger partial charge < -0.3 is 4.57 Å². The molecule has 0 atom stereocenters. The SMILES string of the molecule is CN(Cc1nccn1C)S(=O)(=O)c1ccc(C#N)nc1. The fourth-order valence-corrected chi connectivity index (χ4v) is 2.68. The number of hydrogen-bond donors (Lipinski definition) is 0. The number of aryl methyl sites for hydroxylation is 1. The van der Waals surface area contributed by atoms with E-state index in [9.17, 15) is 8.42 Å². The molecule has 0 aliphatic carbocycles. The molecule has 0 aliphatic rings. The van der Waals surface area contributed by atoms with Crippen LogP contribution in [0.3, 0.4) is 0 Å². The van der Waals surface area contributed by atoms with Gasteiger partial charge in [-0.15, -0.1) is 0 Å². The summed E-state index contributed by atoms with van der Waals surface area (Å²) in [5.74, 6) is 0.637. The molecule has 0 bridgehead atoms. The van der Waals surface area contributed by atoms with Crippen LogP contribution in [0.15, 0.2) is 35.6 Å². The van der Waals surface area contributed by atoms with Crippen molar-refractivity contribution in [2.45, 2.75) is 11.4 Å². The molecular formula is C12H13N5O2S. The summed E-state index contributed by atoms with van der Waals surface area (Å²) in [6.45, 7) is 0.159. The van der Waals surface area contributed by atoms with E-state index in [1.165, 1.54) is 29.7 Å². The van der Waals surface area contributed by atoms with Crippen LogP contribution in [0.5, 0.6) is 0 Å². The second-order valence-electron chi connectivity index (χ2n) is 4.21. The Kier molecular flexibility index (Phi) is 3.83. The lowest BCUT2D eigenvalue weighted by Gasteiger charge is -2.16. The van der Waals surface area contributed by atoms with Gasteiger partial charge in [0, 0.05) is 32.7 Å². The standard InChI is InChI=1S/C12H13N5O2S/c1-16-6-5-14-12(16)9-17(2)20(18,19)11-4-3-10(7-13)15-8-11/h3-6,8H,9H2,1-2H3. The lowest BCUT2D eigenvalue weighted by molar-refractivity contribution is 0.451. The van der Waals surface area contributed by atoms with Gasteiger partial charge >= 0.3 is 0 Å². The average Bonchev–Trinajstić information content (AvgIpc) is 2.84. The van der Waals surface area contributed by atoms with Gasteiger partial charge in [-0.3, -0.25) is 0 Å². The lowest BCUT2D eigenvalue weighted by atomic mass is 10.4. The van der Waals surface area contributed by atoms with Crippen molar-refractivity contribution >= 4 is 10.0 Å². The Morgan fingerprint density at radius 3 is 2.65 bits per heavy atom. The molecular weight excluding hydrogens is 278 g/mol. The van der Waals surface area contributed by atoms with Crippen LogP contribution in [0, 0.1) is 11.3 Å². The van der Waals surface area contributed by atoms with Crippen molar-refractivity contribution < 1.29 is 8.42 Å². The Hall–Kier alpha value is -2.24. The molecule has 0 saturated heterocycles. The minimum Gasteiger partial charge on any atom is -0.337 e. The summed E-state index contributed by atoms with van der Waals surface area (Å²) < 4.78 is 27.6. The van der Waals surface area contributed by atoms with Crippen molar-refractivity contribution in [2.75, 3.05) is 7.05 Å². The van der Waals surface area contributed by atoms with E-state index in [0.717, 1.165) is 0 Å². The number of pyridine rings is 1. The molecule has 2 aromatic heterocycles. The molecule has 20 heavy (non-hydrogen) atoms. The molecule has 104 valence electrons. The van der Waals surface area contributed by atoms with Gasteiger partial charge in [0.1, 0.15) is 22.5 Å². The molecule has 8 heteroatoms. The highest BCUT2D eigenvalue weighted by molar-refractivity contribution is 7.89. The van der Waals surface area contributed by atoms with E-state index in [4.69, 9.17) is 5.26 Å². The molecule has 0 N–H and O–H groups in total. The van der Waals surface area contributed by atoms with Crippen molar-refractivity contribution in [1.29, 1.82) is 5.26 Å². The summed E-state index contributed by atoms with van der Waals surface area (Å²) in [5, 5.41) is 8.66. The zero-order chi connectivity index (χ0) is 14.8. The highest BCUT2D eigenvalue weighted by Gasteiger charge is 2.22. The van der Waals surface area contributed by atoms with Gasteiger partial charge in [0.05, 0.1) is 6.54 Å². The van der Waals surface area contributed by atoms with Gasteiger partial charge in [0.25, 0.3) is 0 Å². The van der Waals surface area contributed by atoms with Gasteiger partial charge in [0.2, 0.25) is 10.0 Å². The lowest BCUT2D eigenvalue weighted by Crippen LogP contribution is -2.27. The predicted octanol–water partition coefficient (Wildman–Crippen LogP) is 0.507. The zero-order valence-corrected chi connectivity index (χ0v) is 11.9. The van der Waals surface area contributed by atoms with Gasteiger partial charge in [-0.2, -0.15) is 9.57 Å². The predicted molar refractivity (Wildman–Crippen MR) is 70.8 cm³/mol. The van der Waals surface area contributed by atoms with E-state index in [1.54, 1.807) is 24.0 Å². The van der Waals surface area contributed by atoms with Crippen LogP contribution >= 0.6 is 0 Å². The molecule has 0 aromatic carbocycles. The summed E-state index contributed by atoms with van der Waals surface area (Å²) in [7, 11) is -0.377. The van der Waals surface area contributed by atoms with Crippen molar-refractivity contribution in [3.05, 3.63) is 42.2 Å². The summed E-state index contributed by atoms with van der Waals surface area (Å²) >= 11 is 0. The summed E-state index contributed by atoms with van der Waals surface area (Å²) in [5.41, 5.74) is 0.177.